The second-order valence-electron chi connectivity index (χ2n) is 0.652. The van der Waals surface area contributed by atoms with Gasteiger partial charge in [0.25, 0.3) is 0 Å². The first-order valence-corrected chi connectivity index (χ1v) is 1.29. The molecule has 1 heterocycles. The summed E-state index contributed by atoms with van der Waals surface area (Å²) in [5, 5.41) is 0. The van der Waals surface area contributed by atoms with E-state index in [1.807, 2.05) is 0 Å². The molecule has 0 aliphatic carbocycles. The van der Waals surface area contributed by atoms with Crippen molar-refractivity contribution in [2.24, 2.45) is 0 Å². The molecule has 1 aromatic heterocycles. The Balaban J connectivity index is 0. The van der Waals surface area contributed by atoms with E-state index in [2.05, 4.69) is 16.2 Å². The molecule has 0 unspecified atom stereocenters. The quantitative estimate of drug-likeness (QED) is 0.613. The fraction of sp³-hybridized carbons (Fsp3) is 0. The van der Waals surface area contributed by atoms with Crippen molar-refractivity contribution in [1.82, 2.24) is 9.97 Å². The minimum Gasteiger partial charge on any atom is -0.643 e. The van der Waals surface area contributed by atoms with Crippen LogP contribution in [0.1, 0.15) is 0 Å². The van der Waals surface area contributed by atoms with Gasteiger partial charge in [-0.2, -0.15) is 6.20 Å². The molecule has 0 bridgehead atoms. The normalized spacial score (nSPS) is 5.71. The van der Waals surface area contributed by atoms with Crippen molar-refractivity contribution in [2.75, 3.05) is 0 Å². The molecule has 0 atom stereocenters. The van der Waals surface area contributed by atoms with E-state index in [0.29, 0.717) is 0 Å². The Hall–Kier alpha value is 0.976. The van der Waals surface area contributed by atoms with E-state index in [0.717, 1.165) is 0 Å². The second kappa shape index (κ2) is 6.98. The molecule has 0 aromatic carbocycles. The largest absolute Gasteiger partial charge is 0.643 e. The minimum atomic E-state index is 0. The first-order valence-electron chi connectivity index (χ1n) is 1.29. The van der Waals surface area contributed by atoms with Crippen LogP contribution in [0.5, 0.6) is 0 Å². The van der Waals surface area contributed by atoms with Crippen LogP contribution in [-0.2, 0) is 53.1 Å². The standard InChI is InChI=1S/C3H2N2.Re.Y/c1-2-5-3-4-1;;/h1,3H;;/q-2;;. The van der Waals surface area contributed by atoms with Gasteiger partial charge in [-0.15, -0.1) is 0 Å². The van der Waals surface area contributed by atoms with Crippen LogP contribution in [-0.4, -0.2) is 4.98 Å². The zero-order chi connectivity index (χ0) is 3.54. The van der Waals surface area contributed by atoms with Gasteiger partial charge in [0.2, 0.25) is 0 Å². The van der Waals surface area contributed by atoms with Gasteiger partial charge in [-0.3, -0.25) is 12.5 Å². The molecule has 0 aliphatic rings. The van der Waals surface area contributed by atoms with E-state index in [1.165, 1.54) is 12.5 Å². The fourth-order valence-electron chi connectivity index (χ4n) is 0.167. The molecule has 36 valence electrons. The molecule has 4 heteroatoms. The Labute approximate surface area is 81.0 Å². The van der Waals surface area contributed by atoms with Crippen molar-refractivity contribution in [3.8, 4) is 0 Å². The molecular formula is C3H2N2ReY-2. The first-order chi connectivity index (χ1) is 2.50. The molecule has 0 amide bonds. The number of aromatic nitrogens is 2. The van der Waals surface area contributed by atoms with Crippen LogP contribution in [0.2, 0.25) is 0 Å². The van der Waals surface area contributed by atoms with Gasteiger partial charge in [0, 0.05) is 53.1 Å². The summed E-state index contributed by atoms with van der Waals surface area (Å²) in [5.74, 6) is 0. The molecule has 0 spiro atoms. The Morgan fingerprint density at radius 2 is 2.29 bits per heavy atom. The van der Waals surface area contributed by atoms with E-state index >= 15 is 0 Å². The molecular weight excluding hydrogens is 339 g/mol. The molecule has 0 saturated carbocycles. The van der Waals surface area contributed by atoms with Gasteiger partial charge in [-0.1, -0.05) is 0 Å². The van der Waals surface area contributed by atoms with Gasteiger partial charge < -0.3 is 9.97 Å². The van der Waals surface area contributed by atoms with Crippen LogP contribution in [0.3, 0.4) is 0 Å². The third kappa shape index (κ3) is 4.84. The van der Waals surface area contributed by atoms with Crippen LogP contribution in [0.25, 0.3) is 0 Å². The number of hydrogen-bond donors (Lipinski definition) is 0. The van der Waals surface area contributed by atoms with Crippen LogP contribution < -0.4 is 4.98 Å². The Morgan fingerprint density at radius 3 is 2.43 bits per heavy atom. The van der Waals surface area contributed by atoms with Gasteiger partial charge in [-0.05, 0) is 0 Å². The Morgan fingerprint density at radius 1 is 1.57 bits per heavy atom. The van der Waals surface area contributed by atoms with Crippen LogP contribution in [0, 0.1) is 6.20 Å². The zero-order valence-electron chi connectivity index (χ0n) is 3.50. The summed E-state index contributed by atoms with van der Waals surface area (Å²) >= 11 is 0. The van der Waals surface area contributed by atoms with Gasteiger partial charge in [0.15, 0.2) is 0 Å². The molecule has 2 nitrogen and oxygen atoms in total. The van der Waals surface area contributed by atoms with Crippen LogP contribution in [0.4, 0.5) is 0 Å². The smallest absolute Gasteiger partial charge is 0 e. The van der Waals surface area contributed by atoms with Crippen molar-refractivity contribution < 1.29 is 53.1 Å². The van der Waals surface area contributed by atoms with E-state index in [9.17, 15) is 0 Å². The number of rotatable bonds is 0. The summed E-state index contributed by atoms with van der Waals surface area (Å²) in [7, 11) is 0. The summed E-state index contributed by atoms with van der Waals surface area (Å²) in [6.07, 6.45) is 5.46. The molecule has 0 fully saturated rings. The van der Waals surface area contributed by atoms with Crippen molar-refractivity contribution >= 4 is 0 Å². The molecule has 7 heavy (non-hydrogen) atoms. The van der Waals surface area contributed by atoms with Crippen molar-refractivity contribution in [3.63, 3.8) is 0 Å². The van der Waals surface area contributed by atoms with Gasteiger partial charge in [0.1, 0.15) is 0 Å². The minimum absolute atomic E-state index is 0. The number of nitrogens with zero attached hydrogens (tertiary/aromatic N) is 2. The SMILES string of the molecule is [Re].[Y].[c-]1c[n-]cn1. The maximum absolute atomic E-state index is 3.56. The maximum atomic E-state index is 3.56. The number of imidazole rings is 1. The molecule has 0 aliphatic heterocycles. The maximum Gasteiger partial charge on any atom is 0 e. The molecule has 1 aromatic rings. The van der Waals surface area contributed by atoms with Crippen LogP contribution >= 0.6 is 0 Å². The Bertz CT molecular complexity index is 69.4. The van der Waals surface area contributed by atoms with Gasteiger partial charge >= 0.3 is 0 Å². The van der Waals surface area contributed by atoms with E-state index < -0.39 is 0 Å². The van der Waals surface area contributed by atoms with Crippen molar-refractivity contribution in [1.29, 1.82) is 0 Å². The predicted octanol–water partition coefficient (Wildman–Crippen LogP) is -0.166. The first kappa shape index (κ1) is 10.9. The molecule has 1 rings (SSSR count). The van der Waals surface area contributed by atoms with E-state index in [1.54, 1.807) is 0 Å². The molecule has 0 N–H and O–H groups in total. The van der Waals surface area contributed by atoms with Crippen molar-refractivity contribution in [3.05, 3.63) is 18.7 Å². The number of hydrogen-bond acceptors (Lipinski definition) is 1. The molecule has 2 radical (unpaired) electrons. The monoisotopic (exact) mass is 342 g/mol. The average Bonchev–Trinajstić information content (AvgIpc) is 1.76. The summed E-state index contributed by atoms with van der Waals surface area (Å²) in [5.41, 5.74) is 0. The zero-order valence-corrected chi connectivity index (χ0v) is 9.06. The summed E-state index contributed by atoms with van der Waals surface area (Å²) in [6.45, 7) is 0. The summed E-state index contributed by atoms with van der Waals surface area (Å²) in [4.78, 5) is 7.04. The second-order valence-corrected chi connectivity index (χ2v) is 0.652. The topological polar surface area (TPSA) is 27.0 Å². The predicted molar refractivity (Wildman–Crippen MR) is 16.4 cm³/mol. The van der Waals surface area contributed by atoms with Gasteiger partial charge in [-0.25, -0.2) is 0 Å². The third-order valence-electron chi connectivity index (χ3n) is 0.331. The summed E-state index contributed by atoms with van der Waals surface area (Å²) in [6, 6.07) is 0. The third-order valence-corrected chi connectivity index (χ3v) is 0.331. The molecule has 0 saturated heterocycles. The van der Waals surface area contributed by atoms with Crippen LogP contribution in [0.15, 0.2) is 12.5 Å². The average molecular weight is 341 g/mol. The summed E-state index contributed by atoms with van der Waals surface area (Å²) < 4.78 is 0. The van der Waals surface area contributed by atoms with Gasteiger partial charge in [0.05, 0.1) is 0 Å². The fourth-order valence-corrected chi connectivity index (χ4v) is 0.167. The van der Waals surface area contributed by atoms with Crippen molar-refractivity contribution in [2.45, 2.75) is 0 Å². The van der Waals surface area contributed by atoms with E-state index in [4.69, 9.17) is 0 Å². The Kier molecular flexibility index (Phi) is 10.8. The van der Waals surface area contributed by atoms with E-state index in [-0.39, 0.29) is 53.1 Å².